The molecule has 0 bridgehead atoms. The summed E-state index contributed by atoms with van der Waals surface area (Å²) >= 11 is 1.64. The van der Waals surface area contributed by atoms with Crippen LogP contribution in [0.15, 0.2) is 5.38 Å². The Morgan fingerprint density at radius 3 is 2.78 bits per heavy atom. The number of methoxy groups -OCH3 is 1. The van der Waals surface area contributed by atoms with Crippen molar-refractivity contribution in [1.29, 1.82) is 0 Å². The number of ether oxygens (including phenoxy) is 2. The molecule has 0 aromatic carbocycles. The highest BCUT2D eigenvalue weighted by atomic mass is 32.1. The van der Waals surface area contributed by atoms with E-state index in [1.807, 2.05) is 0 Å². The Morgan fingerprint density at radius 2 is 2.22 bits per heavy atom. The van der Waals surface area contributed by atoms with Crippen LogP contribution in [0.1, 0.15) is 43.8 Å². The van der Waals surface area contributed by atoms with Crippen molar-refractivity contribution in [2.75, 3.05) is 20.3 Å². The molecule has 4 nitrogen and oxygen atoms in total. The van der Waals surface area contributed by atoms with Crippen molar-refractivity contribution < 1.29 is 9.47 Å². The molecule has 1 aromatic heterocycles. The van der Waals surface area contributed by atoms with Crippen LogP contribution in [0.4, 0.5) is 0 Å². The Labute approximate surface area is 113 Å². The molecular formula is C13H22N2O2S. The maximum absolute atomic E-state index is 6.44. The largest absolute Gasteiger partial charge is 0.381 e. The van der Waals surface area contributed by atoms with Crippen LogP contribution in [-0.2, 0) is 20.6 Å². The molecule has 1 aromatic rings. The van der Waals surface area contributed by atoms with Crippen molar-refractivity contribution in [1.82, 2.24) is 4.98 Å². The van der Waals surface area contributed by atoms with Crippen LogP contribution >= 0.6 is 11.3 Å². The average Bonchev–Trinajstić information content (AvgIpc) is 2.89. The van der Waals surface area contributed by atoms with Gasteiger partial charge in [-0.05, 0) is 26.2 Å². The summed E-state index contributed by atoms with van der Waals surface area (Å²) in [6.45, 7) is 5.62. The van der Waals surface area contributed by atoms with Crippen LogP contribution in [0.2, 0.25) is 0 Å². The Balaban J connectivity index is 2.24. The molecule has 2 N–H and O–H groups in total. The average molecular weight is 270 g/mol. The highest BCUT2D eigenvalue weighted by Gasteiger charge is 2.35. The Kier molecular flexibility index (Phi) is 4.06. The third-order valence-electron chi connectivity index (χ3n) is 3.98. The van der Waals surface area contributed by atoms with Gasteiger partial charge in [-0.15, -0.1) is 11.3 Å². The van der Waals surface area contributed by atoms with Gasteiger partial charge in [0.15, 0.2) is 0 Å². The number of nitrogens with two attached hydrogens (primary N) is 1. The van der Waals surface area contributed by atoms with Crippen molar-refractivity contribution in [3.05, 3.63) is 16.1 Å². The summed E-state index contributed by atoms with van der Waals surface area (Å²) in [5.41, 5.74) is 6.81. The molecule has 5 heteroatoms. The second-order valence-corrected chi connectivity index (χ2v) is 5.95. The minimum atomic E-state index is -0.324. The smallest absolute Gasteiger partial charge is 0.125 e. The first kappa shape index (κ1) is 13.9. The summed E-state index contributed by atoms with van der Waals surface area (Å²) in [6.07, 6.45) is 2.58. The molecule has 0 amide bonds. The number of hydrogen-bond acceptors (Lipinski definition) is 5. The van der Waals surface area contributed by atoms with Gasteiger partial charge in [0.2, 0.25) is 0 Å². The first-order chi connectivity index (χ1) is 8.54. The molecule has 1 unspecified atom stereocenters. The lowest BCUT2D eigenvalue weighted by Gasteiger charge is -2.32. The van der Waals surface area contributed by atoms with E-state index in [0.29, 0.717) is 0 Å². The quantitative estimate of drug-likeness (QED) is 0.912. The van der Waals surface area contributed by atoms with Gasteiger partial charge in [-0.2, -0.15) is 0 Å². The number of hydrogen-bond donors (Lipinski definition) is 1. The molecule has 0 saturated carbocycles. The maximum Gasteiger partial charge on any atom is 0.125 e. The van der Waals surface area contributed by atoms with Gasteiger partial charge in [0, 0.05) is 25.7 Å². The highest BCUT2D eigenvalue weighted by Crippen LogP contribution is 2.35. The van der Waals surface area contributed by atoms with Gasteiger partial charge in [0.1, 0.15) is 10.6 Å². The molecule has 1 aliphatic rings. The van der Waals surface area contributed by atoms with Crippen LogP contribution in [0.5, 0.6) is 0 Å². The summed E-state index contributed by atoms with van der Waals surface area (Å²) in [6, 6.07) is 0. The van der Waals surface area contributed by atoms with E-state index < -0.39 is 0 Å². The molecule has 1 fully saturated rings. The number of rotatable bonds is 4. The summed E-state index contributed by atoms with van der Waals surface area (Å²) < 4.78 is 11.0. The van der Waals surface area contributed by atoms with Crippen molar-refractivity contribution in [2.24, 2.45) is 5.73 Å². The minimum absolute atomic E-state index is 0.301. The second kappa shape index (κ2) is 5.25. The standard InChI is InChI=1S/C13H22N2O2S/c1-4-12(2,16-3)11-15-10(9-18-11)13(14)5-7-17-8-6-13/h9H,4-8,14H2,1-3H3. The zero-order valence-corrected chi connectivity index (χ0v) is 12.2. The molecule has 2 heterocycles. The van der Waals surface area contributed by atoms with Crippen LogP contribution in [-0.4, -0.2) is 25.3 Å². The van der Waals surface area contributed by atoms with Crippen molar-refractivity contribution >= 4 is 11.3 Å². The highest BCUT2D eigenvalue weighted by molar-refractivity contribution is 7.09. The van der Waals surface area contributed by atoms with E-state index in [0.717, 1.165) is 43.2 Å². The summed E-state index contributed by atoms with van der Waals surface area (Å²) in [7, 11) is 1.73. The second-order valence-electron chi connectivity index (χ2n) is 5.09. The topological polar surface area (TPSA) is 57.4 Å². The van der Waals surface area contributed by atoms with Crippen molar-refractivity contribution in [2.45, 2.75) is 44.2 Å². The first-order valence-corrected chi connectivity index (χ1v) is 7.30. The zero-order chi connectivity index (χ0) is 13.2. The van der Waals surface area contributed by atoms with Gasteiger partial charge in [-0.3, -0.25) is 0 Å². The van der Waals surface area contributed by atoms with Crippen LogP contribution in [0, 0.1) is 0 Å². The molecule has 2 rings (SSSR count). The molecule has 1 aliphatic heterocycles. The fraction of sp³-hybridized carbons (Fsp3) is 0.769. The minimum Gasteiger partial charge on any atom is -0.381 e. The van der Waals surface area contributed by atoms with E-state index in [2.05, 4.69) is 19.2 Å². The lowest BCUT2D eigenvalue weighted by Crippen LogP contribution is -2.42. The number of nitrogens with zero attached hydrogens (tertiary/aromatic N) is 1. The monoisotopic (exact) mass is 270 g/mol. The third kappa shape index (κ3) is 2.45. The maximum atomic E-state index is 6.44. The SMILES string of the molecule is CCC(C)(OC)c1nc(C2(N)CCOCC2)cs1. The Morgan fingerprint density at radius 1 is 1.56 bits per heavy atom. The van der Waals surface area contributed by atoms with Gasteiger partial charge in [0.25, 0.3) is 0 Å². The van der Waals surface area contributed by atoms with Gasteiger partial charge >= 0.3 is 0 Å². The van der Waals surface area contributed by atoms with Crippen molar-refractivity contribution in [3.63, 3.8) is 0 Å². The van der Waals surface area contributed by atoms with E-state index in [1.165, 1.54) is 0 Å². The zero-order valence-electron chi connectivity index (χ0n) is 11.4. The number of aromatic nitrogens is 1. The fourth-order valence-electron chi connectivity index (χ4n) is 2.12. The summed E-state index contributed by atoms with van der Waals surface area (Å²) in [4.78, 5) is 4.73. The molecule has 18 heavy (non-hydrogen) atoms. The fourth-order valence-corrected chi connectivity index (χ4v) is 3.26. The van der Waals surface area contributed by atoms with E-state index in [9.17, 15) is 0 Å². The van der Waals surface area contributed by atoms with E-state index in [1.54, 1.807) is 18.4 Å². The van der Waals surface area contributed by atoms with E-state index in [4.69, 9.17) is 20.2 Å². The van der Waals surface area contributed by atoms with Crippen LogP contribution in [0.25, 0.3) is 0 Å². The predicted molar refractivity (Wildman–Crippen MR) is 72.7 cm³/mol. The first-order valence-electron chi connectivity index (χ1n) is 6.42. The molecule has 1 atom stereocenters. The van der Waals surface area contributed by atoms with E-state index in [-0.39, 0.29) is 11.1 Å². The lowest BCUT2D eigenvalue weighted by molar-refractivity contribution is -0.00210. The van der Waals surface area contributed by atoms with Gasteiger partial charge in [0.05, 0.1) is 11.2 Å². The molecule has 0 radical (unpaired) electrons. The molecule has 1 saturated heterocycles. The molecule has 0 spiro atoms. The predicted octanol–water partition coefficient (Wildman–Crippen LogP) is 2.38. The normalized spacial score (nSPS) is 22.7. The Hall–Kier alpha value is -0.490. The van der Waals surface area contributed by atoms with Gasteiger partial charge in [-0.1, -0.05) is 6.92 Å². The molecular weight excluding hydrogens is 248 g/mol. The molecule has 102 valence electrons. The van der Waals surface area contributed by atoms with Crippen molar-refractivity contribution in [3.8, 4) is 0 Å². The van der Waals surface area contributed by atoms with E-state index >= 15 is 0 Å². The van der Waals surface area contributed by atoms with Crippen LogP contribution < -0.4 is 5.73 Å². The summed E-state index contributed by atoms with van der Waals surface area (Å²) in [5.74, 6) is 0. The molecule has 0 aliphatic carbocycles. The third-order valence-corrected chi connectivity index (χ3v) is 5.06. The van der Waals surface area contributed by atoms with Crippen LogP contribution in [0.3, 0.4) is 0 Å². The van der Waals surface area contributed by atoms with Gasteiger partial charge in [-0.25, -0.2) is 4.98 Å². The number of thiazole rings is 1. The summed E-state index contributed by atoms with van der Waals surface area (Å²) in [5, 5.41) is 3.09. The lowest BCUT2D eigenvalue weighted by atomic mass is 9.88. The Bertz CT molecular complexity index is 395. The van der Waals surface area contributed by atoms with Gasteiger partial charge < -0.3 is 15.2 Å².